The van der Waals surface area contributed by atoms with Crippen LogP contribution in [0.5, 0.6) is 0 Å². The first-order valence-corrected chi connectivity index (χ1v) is 8.91. The molecule has 1 atom stereocenters. The molecular weight excluding hydrogens is 329 g/mol. The number of aliphatic imine (C=N–C) groups is 1. The highest BCUT2D eigenvalue weighted by molar-refractivity contribution is 5.80. The molecule has 0 bridgehead atoms. The molecule has 0 amide bonds. The third-order valence-electron chi connectivity index (χ3n) is 4.54. The van der Waals surface area contributed by atoms with E-state index in [1.807, 2.05) is 18.3 Å². The molecule has 0 spiro atoms. The largest absolute Gasteiger partial charge is 0.404 e. The highest BCUT2D eigenvalue weighted by Gasteiger charge is 2.20. The number of nitrogens with two attached hydrogens (primary N) is 1. The van der Waals surface area contributed by atoms with Crippen LogP contribution in [0.25, 0.3) is 11.3 Å². The SMILES string of the molecule is C[C@@H](O)c1cc(F)ccc1-c1ncccc1CC(C=NCC1CC1)=CN. The zero-order valence-corrected chi connectivity index (χ0v) is 14.9. The van der Waals surface area contributed by atoms with Crippen molar-refractivity contribution in [3.63, 3.8) is 0 Å². The van der Waals surface area contributed by atoms with Gasteiger partial charge in [-0.2, -0.15) is 0 Å². The van der Waals surface area contributed by atoms with Crippen LogP contribution >= 0.6 is 0 Å². The lowest BCUT2D eigenvalue weighted by Crippen LogP contribution is -2.03. The number of hydrogen-bond donors (Lipinski definition) is 2. The molecule has 4 nitrogen and oxygen atoms in total. The molecule has 1 fully saturated rings. The minimum absolute atomic E-state index is 0.378. The van der Waals surface area contributed by atoms with Gasteiger partial charge in [-0.25, -0.2) is 4.39 Å². The molecule has 5 heteroatoms. The number of benzene rings is 1. The summed E-state index contributed by atoms with van der Waals surface area (Å²) in [7, 11) is 0. The van der Waals surface area contributed by atoms with E-state index in [1.54, 1.807) is 25.4 Å². The molecule has 26 heavy (non-hydrogen) atoms. The van der Waals surface area contributed by atoms with E-state index in [-0.39, 0.29) is 5.82 Å². The summed E-state index contributed by atoms with van der Waals surface area (Å²) in [6, 6.07) is 8.23. The lowest BCUT2D eigenvalue weighted by Gasteiger charge is -2.15. The molecule has 1 heterocycles. The molecule has 0 unspecified atom stereocenters. The van der Waals surface area contributed by atoms with Crippen molar-refractivity contribution in [3.8, 4) is 11.3 Å². The van der Waals surface area contributed by atoms with Gasteiger partial charge in [0.15, 0.2) is 0 Å². The Morgan fingerprint density at radius 2 is 2.23 bits per heavy atom. The van der Waals surface area contributed by atoms with Crippen LogP contribution in [-0.4, -0.2) is 22.8 Å². The van der Waals surface area contributed by atoms with E-state index in [0.29, 0.717) is 12.0 Å². The van der Waals surface area contributed by atoms with Crippen LogP contribution in [0.15, 0.2) is 53.3 Å². The molecule has 0 radical (unpaired) electrons. The monoisotopic (exact) mass is 353 g/mol. The van der Waals surface area contributed by atoms with Crippen LogP contribution in [0.1, 0.15) is 37.0 Å². The summed E-state index contributed by atoms with van der Waals surface area (Å²) in [5.74, 6) is 0.351. The van der Waals surface area contributed by atoms with Crippen LogP contribution in [-0.2, 0) is 6.42 Å². The molecule has 1 aromatic heterocycles. The molecule has 1 saturated carbocycles. The zero-order valence-electron chi connectivity index (χ0n) is 14.9. The van der Waals surface area contributed by atoms with Gasteiger partial charge in [-0.05, 0) is 72.8 Å². The Kier molecular flexibility index (Phi) is 5.78. The molecule has 136 valence electrons. The Bertz CT molecular complexity index is 826. The maximum absolute atomic E-state index is 13.6. The maximum Gasteiger partial charge on any atom is 0.123 e. The van der Waals surface area contributed by atoms with Crippen molar-refractivity contribution in [1.82, 2.24) is 4.98 Å². The van der Waals surface area contributed by atoms with E-state index in [4.69, 9.17) is 5.73 Å². The summed E-state index contributed by atoms with van der Waals surface area (Å²) in [5.41, 5.74) is 9.60. The van der Waals surface area contributed by atoms with Gasteiger partial charge >= 0.3 is 0 Å². The van der Waals surface area contributed by atoms with E-state index in [2.05, 4.69) is 9.98 Å². The van der Waals surface area contributed by atoms with E-state index in [9.17, 15) is 9.50 Å². The molecule has 3 rings (SSSR count). The summed E-state index contributed by atoms with van der Waals surface area (Å²) in [6.45, 7) is 2.47. The summed E-state index contributed by atoms with van der Waals surface area (Å²) in [4.78, 5) is 8.96. The number of hydrogen-bond acceptors (Lipinski definition) is 4. The van der Waals surface area contributed by atoms with Gasteiger partial charge in [0, 0.05) is 30.9 Å². The fourth-order valence-corrected chi connectivity index (χ4v) is 2.91. The number of aliphatic hydroxyl groups is 1. The van der Waals surface area contributed by atoms with Crippen molar-refractivity contribution in [2.24, 2.45) is 16.6 Å². The topological polar surface area (TPSA) is 71.5 Å². The van der Waals surface area contributed by atoms with Gasteiger partial charge in [0.25, 0.3) is 0 Å². The normalized spacial score (nSPS) is 16.2. The van der Waals surface area contributed by atoms with Gasteiger partial charge in [0.1, 0.15) is 5.82 Å². The number of aromatic nitrogens is 1. The molecule has 1 aliphatic rings. The fraction of sp³-hybridized carbons (Fsp3) is 0.333. The number of allylic oxidation sites excluding steroid dienone is 1. The molecular formula is C21H24FN3O. The predicted octanol–water partition coefficient (Wildman–Crippen LogP) is 3.81. The Morgan fingerprint density at radius 1 is 1.42 bits per heavy atom. The van der Waals surface area contributed by atoms with Crippen LogP contribution in [0, 0.1) is 11.7 Å². The maximum atomic E-state index is 13.6. The first kappa shape index (κ1) is 18.3. The van der Waals surface area contributed by atoms with Crippen LogP contribution < -0.4 is 5.73 Å². The smallest absolute Gasteiger partial charge is 0.123 e. The lowest BCUT2D eigenvalue weighted by atomic mass is 9.94. The third-order valence-corrected chi connectivity index (χ3v) is 4.54. The second-order valence-electron chi connectivity index (χ2n) is 6.77. The van der Waals surface area contributed by atoms with Crippen LogP contribution in [0.3, 0.4) is 0 Å². The van der Waals surface area contributed by atoms with Gasteiger partial charge in [-0.15, -0.1) is 0 Å². The van der Waals surface area contributed by atoms with Crippen molar-refractivity contribution in [1.29, 1.82) is 0 Å². The van der Waals surface area contributed by atoms with E-state index in [1.165, 1.54) is 25.0 Å². The number of halogens is 1. The molecule has 1 aliphatic carbocycles. The van der Waals surface area contributed by atoms with Crippen LogP contribution in [0.4, 0.5) is 4.39 Å². The average Bonchev–Trinajstić information content (AvgIpc) is 3.45. The average molecular weight is 353 g/mol. The van der Waals surface area contributed by atoms with Crippen LogP contribution in [0.2, 0.25) is 0 Å². The minimum Gasteiger partial charge on any atom is -0.404 e. The Labute approximate surface area is 153 Å². The van der Waals surface area contributed by atoms with E-state index < -0.39 is 6.10 Å². The van der Waals surface area contributed by atoms with Crippen molar-refractivity contribution in [3.05, 3.63) is 65.2 Å². The molecule has 0 aliphatic heterocycles. The number of pyridine rings is 1. The molecule has 0 saturated heterocycles. The van der Waals surface area contributed by atoms with Gasteiger partial charge < -0.3 is 10.8 Å². The fourth-order valence-electron chi connectivity index (χ4n) is 2.91. The molecule has 2 aromatic rings. The highest BCUT2D eigenvalue weighted by Crippen LogP contribution is 2.31. The van der Waals surface area contributed by atoms with Gasteiger partial charge in [-0.1, -0.05) is 6.07 Å². The number of rotatable bonds is 7. The first-order chi connectivity index (χ1) is 12.6. The van der Waals surface area contributed by atoms with Gasteiger partial charge in [0.05, 0.1) is 11.8 Å². The molecule has 1 aromatic carbocycles. The first-order valence-electron chi connectivity index (χ1n) is 8.91. The Hall–Kier alpha value is -2.53. The van der Waals surface area contributed by atoms with Gasteiger partial charge in [0.2, 0.25) is 0 Å². The minimum atomic E-state index is -0.791. The van der Waals surface area contributed by atoms with Crippen molar-refractivity contribution in [2.75, 3.05) is 6.54 Å². The van der Waals surface area contributed by atoms with Gasteiger partial charge in [-0.3, -0.25) is 9.98 Å². The third kappa shape index (κ3) is 4.55. The standard InChI is InChI=1S/C21H24FN3O/c1-14(26)20-10-18(22)6-7-19(20)21-17(3-2-8-25-21)9-16(11-23)13-24-12-15-4-5-15/h2-3,6-8,10-11,13-15,26H,4-5,9,12,23H2,1H3/t14-/m1/s1. The van der Waals surface area contributed by atoms with E-state index >= 15 is 0 Å². The summed E-state index contributed by atoms with van der Waals surface area (Å²) < 4.78 is 13.6. The second-order valence-corrected chi connectivity index (χ2v) is 6.77. The number of aliphatic hydroxyl groups excluding tert-OH is 1. The Morgan fingerprint density at radius 3 is 2.92 bits per heavy atom. The highest BCUT2D eigenvalue weighted by atomic mass is 19.1. The summed E-state index contributed by atoms with van der Waals surface area (Å²) >= 11 is 0. The number of nitrogens with zero attached hydrogens (tertiary/aromatic N) is 2. The zero-order chi connectivity index (χ0) is 18.5. The molecule has 3 N–H and O–H groups in total. The van der Waals surface area contributed by atoms with Crippen molar-refractivity contribution in [2.45, 2.75) is 32.3 Å². The summed E-state index contributed by atoms with van der Waals surface area (Å²) in [6.07, 6.45) is 7.39. The lowest BCUT2D eigenvalue weighted by molar-refractivity contribution is 0.199. The second kappa shape index (κ2) is 8.23. The quantitative estimate of drug-likeness (QED) is 0.744. The Balaban J connectivity index is 1.90. The summed E-state index contributed by atoms with van der Waals surface area (Å²) in [5, 5.41) is 10.0. The van der Waals surface area contributed by atoms with Crippen molar-refractivity contribution < 1.29 is 9.50 Å². The van der Waals surface area contributed by atoms with E-state index in [0.717, 1.165) is 34.9 Å². The van der Waals surface area contributed by atoms with Crippen molar-refractivity contribution >= 4 is 6.21 Å². The predicted molar refractivity (Wildman–Crippen MR) is 102 cm³/mol.